The Morgan fingerprint density at radius 2 is 1.00 bits per heavy atom. The van der Waals surface area contributed by atoms with Gasteiger partial charge in [0.2, 0.25) is 11.8 Å². The molecule has 1 unspecified atom stereocenters. The lowest BCUT2D eigenvalue weighted by atomic mass is 10.0. The van der Waals surface area contributed by atoms with Gasteiger partial charge in [0.05, 0.1) is 0 Å². The van der Waals surface area contributed by atoms with Gasteiger partial charge >= 0.3 is 11.9 Å². The molecular formula is C31H51N3O8. The van der Waals surface area contributed by atoms with Crippen LogP contribution in [0.1, 0.15) is 128 Å². The smallest absolute Gasteiger partial charge is 0.328 e. The van der Waals surface area contributed by atoms with Crippen LogP contribution >= 0.6 is 0 Å². The van der Waals surface area contributed by atoms with Crippen LogP contribution in [0.4, 0.5) is 0 Å². The third-order valence-corrected chi connectivity index (χ3v) is 7.37. The second-order valence-electron chi connectivity index (χ2n) is 11.1. The van der Waals surface area contributed by atoms with Crippen LogP contribution in [0.25, 0.3) is 0 Å². The Hall–Kier alpha value is -3.24. The summed E-state index contributed by atoms with van der Waals surface area (Å²) < 4.78 is 0. The van der Waals surface area contributed by atoms with Gasteiger partial charge in [0.1, 0.15) is 6.04 Å². The molecule has 4 amide bonds. The van der Waals surface area contributed by atoms with Crippen LogP contribution in [0.3, 0.4) is 0 Å². The van der Waals surface area contributed by atoms with E-state index in [-0.39, 0.29) is 49.4 Å². The summed E-state index contributed by atoms with van der Waals surface area (Å²) in [5.41, 5.74) is 0. The molecule has 1 rings (SSSR count). The summed E-state index contributed by atoms with van der Waals surface area (Å²) in [5, 5.41) is 23.1. The fraction of sp³-hybridized carbons (Fsp3) is 0.742. The number of carboxylic acid groups (broad SMARTS) is 2. The van der Waals surface area contributed by atoms with Gasteiger partial charge in [-0.1, -0.05) is 83.5 Å². The van der Waals surface area contributed by atoms with E-state index in [0.717, 1.165) is 43.4 Å². The van der Waals surface area contributed by atoms with Crippen LogP contribution in [0, 0.1) is 0 Å². The van der Waals surface area contributed by atoms with Gasteiger partial charge in [0.15, 0.2) is 0 Å². The van der Waals surface area contributed by atoms with Crippen molar-refractivity contribution in [2.75, 3.05) is 13.1 Å². The van der Waals surface area contributed by atoms with Crippen molar-refractivity contribution in [3.63, 3.8) is 0 Å². The van der Waals surface area contributed by atoms with Crippen molar-refractivity contribution in [1.29, 1.82) is 0 Å². The van der Waals surface area contributed by atoms with Crippen molar-refractivity contribution in [2.24, 2.45) is 0 Å². The maximum atomic E-state index is 12.2. The maximum absolute atomic E-state index is 12.2. The fourth-order valence-electron chi connectivity index (χ4n) is 4.84. The van der Waals surface area contributed by atoms with Gasteiger partial charge in [-0.15, -0.1) is 0 Å². The van der Waals surface area contributed by atoms with E-state index >= 15 is 0 Å². The fourth-order valence-corrected chi connectivity index (χ4v) is 4.84. The number of carboxylic acids is 2. The third-order valence-electron chi connectivity index (χ3n) is 7.37. The first-order chi connectivity index (χ1) is 20.2. The first-order valence-electron chi connectivity index (χ1n) is 15.7. The third kappa shape index (κ3) is 19.0. The molecule has 0 aromatic rings. The average Bonchev–Trinajstić information content (AvgIpc) is 3.26. The number of imide groups is 1. The van der Waals surface area contributed by atoms with Crippen molar-refractivity contribution in [2.45, 2.75) is 134 Å². The van der Waals surface area contributed by atoms with Crippen LogP contribution in [-0.2, 0) is 28.8 Å². The number of nitrogens with one attached hydrogen (secondary N) is 2. The molecule has 0 aromatic carbocycles. The molecule has 11 heteroatoms. The van der Waals surface area contributed by atoms with E-state index in [1.165, 1.54) is 57.1 Å². The second kappa shape index (κ2) is 23.3. The summed E-state index contributed by atoms with van der Waals surface area (Å²) in [4.78, 5) is 70.4. The summed E-state index contributed by atoms with van der Waals surface area (Å²) in [7, 11) is 0. The standard InChI is InChI=1S/C31H51N3O8/c35-26(18-15-13-17-23-34-28(37)21-22-29(34)38)32-24-25(31(41)42)33-27(36)19-14-11-9-7-5-3-1-2-4-6-8-10-12-16-20-30(39)40/h21-22,25H,1-20,23-24H2,(H,32,35)(H,33,36)(H,39,40)(H,41,42). The molecule has 0 bridgehead atoms. The van der Waals surface area contributed by atoms with Crippen LogP contribution < -0.4 is 10.6 Å². The molecule has 4 N–H and O–H groups in total. The minimum atomic E-state index is -1.20. The lowest BCUT2D eigenvalue weighted by Gasteiger charge is -2.15. The first kappa shape index (κ1) is 36.8. The molecule has 0 spiro atoms. The van der Waals surface area contributed by atoms with Gasteiger partial charge in [-0.25, -0.2) is 4.79 Å². The number of unbranched alkanes of at least 4 members (excludes halogenated alkanes) is 15. The van der Waals surface area contributed by atoms with E-state index in [1.807, 2.05) is 0 Å². The summed E-state index contributed by atoms with van der Waals surface area (Å²) in [5.74, 6) is -3.21. The molecule has 0 saturated heterocycles. The van der Waals surface area contributed by atoms with Crippen molar-refractivity contribution >= 4 is 35.6 Å². The number of hydrogen-bond acceptors (Lipinski definition) is 6. The summed E-state index contributed by atoms with van der Waals surface area (Å²) in [6.45, 7) is 0.121. The number of carbonyl (C=O) groups is 6. The molecular weight excluding hydrogens is 542 g/mol. The van der Waals surface area contributed by atoms with Crippen molar-refractivity contribution < 1.29 is 39.0 Å². The Morgan fingerprint density at radius 3 is 1.45 bits per heavy atom. The number of nitrogens with zero attached hydrogens (tertiary/aromatic N) is 1. The van der Waals surface area contributed by atoms with Gasteiger partial charge in [0, 0.05) is 44.5 Å². The zero-order valence-corrected chi connectivity index (χ0v) is 25.1. The second-order valence-corrected chi connectivity index (χ2v) is 11.1. The minimum Gasteiger partial charge on any atom is -0.481 e. The topological polar surface area (TPSA) is 170 Å². The molecule has 11 nitrogen and oxygen atoms in total. The molecule has 0 fully saturated rings. The summed E-state index contributed by atoms with van der Waals surface area (Å²) in [6, 6.07) is -1.18. The number of amides is 4. The predicted molar refractivity (Wildman–Crippen MR) is 158 cm³/mol. The molecule has 1 aliphatic heterocycles. The van der Waals surface area contributed by atoms with Crippen molar-refractivity contribution in [1.82, 2.24) is 15.5 Å². The highest BCUT2D eigenvalue weighted by molar-refractivity contribution is 6.12. The number of rotatable bonds is 27. The highest BCUT2D eigenvalue weighted by atomic mass is 16.4. The highest BCUT2D eigenvalue weighted by Gasteiger charge is 2.22. The van der Waals surface area contributed by atoms with Crippen molar-refractivity contribution in [3.05, 3.63) is 12.2 Å². The number of carbonyl (C=O) groups excluding carboxylic acids is 4. The molecule has 1 atom stereocenters. The molecule has 0 aromatic heterocycles. The van der Waals surface area contributed by atoms with Crippen LogP contribution in [0.5, 0.6) is 0 Å². The summed E-state index contributed by atoms with van der Waals surface area (Å²) in [6.07, 6.45) is 20.2. The van der Waals surface area contributed by atoms with Gasteiger partial charge < -0.3 is 20.8 Å². The van der Waals surface area contributed by atoms with Crippen LogP contribution in [0.2, 0.25) is 0 Å². The van der Waals surface area contributed by atoms with Gasteiger partial charge in [-0.3, -0.25) is 28.9 Å². The Bertz CT molecular complexity index is 871. The first-order valence-corrected chi connectivity index (χ1v) is 15.7. The zero-order valence-electron chi connectivity index (χ0n) is 25.1. The van der Waals surface area contributed by atoms with Gasteiger partial charge in [-0.2, -0.15) is 0 Å². The quantitative estimate of drug-likeness (QED) is 0.0798. The molecule has 1 heterocycles. The van der Waals surface area contributed by atoms with E-state index in [9.17, 15) is 33.9 Å². The normalized spacial score (nSPS) is 13.4. The summed E-state index contributed by atoms with van der Waals surface area (Å²) >= 11 is 0. The Balaban J connectivity index is 1.97. The van der Waals surface area contributed by atoms with E-state index in [4.69, 9.17) is 5.11 Å². The lowest BCUT2D eigenvalue weighted by Crippen LogP contribution is -2.48. The molecule has 42 heavy (non-hydrogen) atoms. The molecule has 0 saturated carbocycles. The van der Waals surface area contributed by atoms with Gasteiger partial charge in [-0.05, 0) is 25.7 Å². The Labute approximate surface area is 249 Å². The van der Waals surface area contributed by atoms with Gasteiger partial charge in [0.25, 0.3) is 11.8 Å². The zero-order chi connectivity index (χ0) is 31.0. The minimum absolute atomic E-state index is 0.185. The molecule has 0 aliphatic carbocycles. The maximum Gasteiger partial charge on any atom is 0.328 e. The largest absolute Gasteiger partial charge is 0.481 e. The highest BCUT2D eigenvalue weighted by Crippen LogP contribution is 2.14. The molecule has 0 radical (unpaired) electrons. The van der Waals surface area contributed by atoms with E-state index in [0.29, 0.717) is 32.2 Å². The average molecular weight is 594 g/mol. The van der Waals surface area contributed by atoms with Crippen LogP contribution in [0.15, 0.2) is 12.2 Å². The SMILES string of the molecule is O=C(O)CCCCCCCCCCCCCCCCC(=O)NC(CNC(=O)CCCCCN1C(=O)C=CC1=O)C(=O)O. The Kier molecular flexibility index (Phi) is 20.4. The van der Waals surface area contributed by atoms with E-state index in [1.54, 1.807) is 0 Å². The van der Waals surface area contributed by atoms with E-state index in [2.05, 4.69) is 10.6 Å². The lowest BCUT2D eigenvalue weighted by molar-refractivity contribution is -0.142. The predicted octanol–water partition coefficient (Wildman–Crippen LogP) is 4.48. The Morgan fingerprint density at radius 1 is 0.595 bits per heavy atom. The number of aliphatic carboxylic acids is 2. The molecule has 1 aliphatic rings. The van der Waals surface area contributed by atoms with E-state index < -0.39 is 18.0 Å². The molecule has 238 valence electrons. The number of hydrogen-bond donors (Lipinski definition) is 4. The monoisotopic (exact) mass is 593 g/mol. The van der Waals surface area contributed by atoms with Crippen molar-refractivity contribution in [3.8, 4) is 0 Å². The van der Waals surface area contributed by atoms with Crippen LogP contribution in [-0.4, -0.2) is 69.8 Å².